The third-order valence-corrected chi connectivity index (χ3v) is 3.82. The number of halogens is 4. The average Bonchev–Trinajstić information content (AvgIpc) is 2.66. The van der Waals surface area contributed by atoms with Crippen molar-refractivity contribution in [1.82, 2.24) is 4.57 Å². The van der Waals surface area contributed by atoms with Crippen molar-refractivity contribution in [3.8, 4) is 11.4 Å². The second-order valence-electron chi connectivity index (χ2n) is 3.75. The van der Waals surface area contributed by atoms with Crippen LogP contribution in [0.3, 0.4) is 0 Å². The zero-order chi connectivity index (χ0) is 15.0. The molecule has 2 rings (SSSR count). The van der Waals surface area contributed by atoms with Gasteiger partial charge < -0.3 is 9.84 Å². The van der Waals surface area contributed by atoms with Gasteiger partial charge in [-0.1, -0.05) is 46.4 Å². The first-order valence-electron chi connectivity index (χ1n) is 5.20. The van der Waals surface area contributed by atoms with Crippen molar-refractivity contribution in [2.45, 2.75) is 0 Å². The molecule has 20 heavy (non-hydrogen) atoms. The van der Waals surface area contributed by atoms with Gasteiger partial charge in [-0.15, -0.1) is 0 Å². The van der Waals surface area contributed by atoms with E-state index in [-0.39, 0.29) is 32.3 Å². The van der Waals surface area contributed by atoms with Crippen LogP contribution < -0.4 is 4.74 Å². The second kappa shape index (κ2) is 5.74. The van der Waals surface area contributed by atoms with Crippen molar-refractivity contribution >= 4 is 52.4 Å². The number of methoxy groups -OCH3 is 1. The number of carbonyl (C=O) groups is 1. The Labute approximate surface area is 134 Å². The quantitative estimate of drug-likeness (QED) is 0.861. The highest BCUT2D eigenvalue weighted by Crippen LogP contribution is 2.39. The summed E-state index contributed by atoms with van der Waals surface area (Å²) in [6, 6.07) is 4.19. The highest BCUT2D eigenvalue weighted by molar-refractivity contribution is 6.42. The molecule has 1 N–H and O–H groups in total. The van der Waals surface area contributed by atoms with Crippen molar-refractivity contribution in [2.75, 3.05) is 7.11 Å². The number of aromatic nitrogens is 1. The molecule has 0 spiro atoms. The van der Waals surface area contributed by atoms with E-state index in [0.717, 1.165) is 0 Å². The van der Waals surface area contributed by atoms with Gasteiger partial charge in [0.15, 0.2) is 0 Å². The van der Waals surface area contributed by atoms with Gasteiger partial charge in [0.05, 0.1) is 17.2 Å². The third-order valence-electron chi connectivity index (χ3n) is 2.55. The van der Waals surface area contributed by atoms with Gasteiger partial charge in [0.2, 0.25) is 0 Å². The molecule has 8 heteroatoms. The molecule has 0 saturated carbocycles. The van der Waals surface area contributed by atoms with E-state index in [1.54, 1.807) is 0 Å². The Hall–Kier alpha value is -1.07. The summed E-state index contributed by atoms with van der Waals surface area (Å²) in [4.78, 5) is 11.3. The number of nitrogens with zero attached hydrogens (tertiary/aromatic N) is 1. The molecule has 0 radical (unpaired) electrons. The number of rotatable bonds is 3. The van der Waals surface area contributed by atoms with Crippen molar-refractivity contribution in [3.05, 3.63) is 44.1 Å². The Morgan fingerprint density at radius 2 is 1.80 bits per heavy atom. The van der Waals surface area contributed by atoms with Crippen LogP contribution >= 0.6 is 46.4 Å². The van der Waals surface area contributed by atoms with Gasteiger partial charge >= 0.3 is 5.97 Å². The molecule has 0 aliphatic carbocycles. The van der Waals surface area contributed by atoms with Crippen molar-refractivity contribution < 1.29 is 14.6 Å². The second-order valence-corrected chi connectivity index (χ2v) is 5.36. The van der Waals surface area contributed by atoms with Crippen molar-refractivity contribution in [2.24, 2.45) is 0 Å². The van der Waals surface area contributed by atoms with E-state index in [9.17, 15) is 9.90 Å². The lowest BCUT2D eigenvalue weighted by molar-refractivity contribution is 0.0688. The number of carboxylic acids is 1. The van der Waals surface area contributed by atoms with Crippen LogP contribution in [0.1, 0.15) is 10.5 Å². The summed E-state index contributed by atoms with van der Waals surface area (Å²) in [5.41, 5.74) is 0.121. The topological polar surface area (TPSA) is 51.5 Å². The Morgan fingerprint density at radius 3 is 2.35 bits per heavy atom. The summed E-state index contributed by atoms with van der Waals surface area (Å²) < 4.78 is 6.37. The highest BCUT2D eigenvalue weighted by Gasteiger charge is 2.23. The van der Waals surface area contributed by atoms with Crippen LogP contribution in [0.2, 0.25) is 20.2 Å². The lowest BCUT2D eigenvalue weighted by Gasteiger charge is -2.15. The first-order valence-corrected chi connectivity index (χ1v) is 6.71. The molecule has 2 aromatic rings. The number of hydrogen-bond donors (Lipinski definition) is 1. The van der Waals surface area contributed by atoms with Gasteiger partial charge in [-0.05, 0) is 12.1 Å². The molecule has 0 fully saturated rings. The molecule has 0 bridgehead atoms. The standard InChI is InChI=1S/C12H7Cl4NO3/c1-20-9-3-5(13)2-6(14)10(9)17-8(12(18)19)4-7(15)11(17)16/h2-4H,1H3,(H,18,19). The molecule has 0 unspecified atom stereocenters. The van der Waals surface area contributed by atoms with E-state index in [2.05, 4.69) is 0 Å². The first-order chi connectivity index (χ1) is 9.36. The molecular weight excluding hydrogens is 348 g/mol. The minimum absolute atomic E-state index is 0.0200. The van der Waals surface area contributed by atoms with E-state index in [0.29, 0.717) is 5.02 Å². The third kappa shape index (κ3) is 2.56. The fourth-order valence-corrected chi connectivity index (χ4v) is 2.72. The fourth-order valence-electron chi connectivity index (χ4n) is 1.75. The maximum absolute atomic E-state index is 11.3. The SMILES string of the molecule is COc1cc(Cl)cc(Cl)c1-n1c(C(=O)O)cc(Cl)c1Cl. The molecular formula is C12H7Cl4NO3. The Kier molecular flexibility index (Phi) is 4.39. The van der Waals surface area contributed by atoms with Gasteiger partial charge in [0, 0.05) is 11.1 Å². The fraction of sp³-hybridized carbons (Fsp3) is 0.0833. The van der Waals surface area contributed by atoms with Crippen LogP contribution in [0.5, 0.6) is 5.75 Å². The summed E-state index contributed by atoms with van der Waals surface area (Å²) >= 11 is 23.9. The van der Waals surface area contributed by atoms with Crippen molar-refractivity contribution in [1.29, 1.82) is 0 Å². The van der Waals surface area contributed by atoms with E-state index in [1.807, 2.05) is 0 Å². The Balaban J connectivity index is 2.84. The monoisotopic (exact) mass is 353 g/mol. The zero-order valence-corrected chi connectivity index (χ0v) is 13.0. The smallest absolute Gasteiger partial charge is 0.352 e. The van der Waals surface area contributed by atoms with Crippen LogP contribution in [-0.4, -0.2) is 22.8 Å². The summed E-state index contributed by atoms with van der Waals surface area (Å²) in [6.07, 6.45) is 0. The van der Waals surface area contributed by atoms with Gasteiger partial charge in [-0.25, -0.2) is 4.79 Å². The number of ether oxygens (including phenoxy) is 1. The number of hydrogen-bond acceptors (Lipinski definition) is 2. The van der Waals surface area contributed by atoms with Gasteiger partial charge in [0.25, 0.3) is 0 Å². The zero-order valence-electron chi connectivity index (χ0n) is 9.95. The maximum atomic E-state index is 11.3. The minimum atomic E-state index is -1.20. The molecule has 1 aromatic carbocycles. The lowest BCUT2D eigenvalue weighted by Crippen LogP contribution is -2.08. The predicted molar refractivity (Wildman–Crippen MR) is 79.3 cm³/mol. The molecule has 0 atom stereocenters. The minimum Gasteiger partial charge on any atom is -0.494 e. The Morgan fingerprint density at radius 1 is 1.15 bits per heavy atom. The molecule has 106 valence electrons. The normalized spacial score (nSPS) is 10.7. The van der Waals surface area contributed by atoms with Crippen LogP contribution in [0.15, 0.2) is 18.2 Å². The molecule has 1 heterocycles. The molecule has 1 aromatic heterocycles. The van der Waals surface area contributed by atoms with E-state index >= 15 is 0 Å². The van der Waals surface area contributed by atoms with E-state index in [4.69, 9.17) is 51.1 Å². The largest absolute Gasteiger partial charge is 0.494 e. The summed E-state index contributed by atoms with van der Waals surface area (Å²) in [5, 5.41) is 9.88. The molecule has 0 aliphatic heterocycles. The Bertz CT molecular complexity index is 696. The van der Waals surface area contributed by atoms with E-state index < -0.39 is 5.97 Å². The molecule has 0 saturated heterocycles. The lowest BCUT2D eigenvalue weighted by atomic mass is 10.2. The summed E-state index contributed by atoms with van der Waals surface area (Å²) in [6.45, 7) is 0. The number of benzene rings is 1. The van der Waals surface area contributed by atoms with Crippen LogP contribution in [0.4, 0.5) is 0 Å². The van der Waals surface area contributed by atoms with Crippen molar-refractivity contribution in [3.63, 3.8) is 0 Å². The summed E-state index contributed by atoms with van der Waals surface area (Å²) in [5.74, 6) is -0.925. The molecule has 4 nitrogen and oxygen atoms in total. The van der Waals surface area contributed by atoms with Gasteiger partial charge in [0.1, 0.15) is 22.3 Å². The number of aromatic carboxylic acids is 1. The molecule has 0 aliphatic rings. The van der Waals surface area contributed by atoms with Gasteiger partial charge in [-0.3, -0.25) is 4.57 Å². The van der Waals surface area contributed by atoms with Crippen LogP contribution in [0.25, 0.3) is 5.69 Å². The average molecular weight is 355 g/mol. The van der Waals surface area contributed by atoms with E-state index in [1.165, 1.54) is 29.9 Å². The van der Waals surface area contributed by atoms with Crippen LogP contribution in [0, 0.1) is 0 Å². The molecule has 0 amide bonds. The number of carboxylic acid groups (broad SMARTS) is 1. The van der Waals surface area contributed by atoms with Crippen LogP contribution in [-0.2, 0) is 0 Å². The van der Waals surface area contributed by atoms with Gasteiger partial charge in [-0.2, -0.15) is 0 Å². The summed E-state index contributed by atoms with van der Waals surface area (Å²) in [7, 11) is 1.41. The first kappa shape index (κ1) is 15.3. The predicted octanol–water partition coefficient (Wildman–Crippen LogP) is 4.80. The maximum Gasteiger partial charge on any atom is 0.352 e. The highest BCUT2D eigenvalue weighted by atomic mass is 35.5.